The van der Waals surface area contributed by atoms with Crippen LogP contribution in [-0.4, -0.2) is 30.1 Å². The molecule has 0 aliphatic heterocycles. The molecule has 0 saturated heterocycles. The van der Waals surface area contributed by atoms with Gasteiger partial charge in [-0.1, -0.05) is 18.2 Å². The maximum Gasteiger partial charge on any atom is 0.246 e. The first-order valence-electron chi connectivity index (χ1n) is 4.71. The third-order valence-corrected chi connectivity index (χ3v) is 2.04. The summed E-state index contributed by atoms with van der Waals surface area (Å²) in [5, 5.41) is 2.31. The minimum absolute atomic E-state index is 0.0684. The van der Waals surface area contributed by atoms with Crippen molar-refractivity contribution in [2.24, 2.45) is 4.99 Å². The van der Waals surface area contributed by atoms with E-state index < -0.39 is 0 Å². The fraction of sp³-hybridized carbons (Fsp3) is 0.167. The molecule has 0 unspecified atom stereocenters. The Morgan fingerprint density at radius 3 is 2.75 bits per heavy atom. The Morgan fingerprint density at radius 2 is 2.12 bits per heavy atom. The van der Waals surface area contributed by atoms with Crippen molar-refractivity contribution in [1.82, 2.24) is 4.90 Å². The van der Waals surface area contributed by atoms with E-state index in [0.717, 1.165) is 5.56 Å². The molecule has 4 heteroatoms. The summed E-state index contributed by atoms with van der Waals surface area (Å²) >= 11 is 4.55. The topological polar surface area (TPSA) is 32.7 Å². The number of para-hydroxylation sites is 1. The number of thiocarbonyl (C=S) groups is 1. The molecule has 0 atom stereocenters. The predicted molar refractivity (Wildman–Crippen MR) is 68.9 cm³/mol. The van der Waals surface area contributed by atoms with Crippen molar-refractivity contribution < 1.29 is 4.79 Å². The van der Waals surface area contributed by atoms with Gasteiger partial charge in [0.2, 0.25) is 5.91 Å². The van der Waals surface area contributed by atoms with Crippen molar-refractivity contribution in [3.8, 4) is 0 Å². The van der Waals surface area contributed by atoms with Crippen LogP contribution in [0.1, 0.15) is 5.56 Å². The van der Waals surface area contributed by atoms with Crippen molar-refractivity contribution in [1.29, 1.82) is 0 Å². The first-order chi connectivity index (χ1) is 7.65. The molecule has 0 aliphatic rings. The van der Waals surface area contributed by atoms with Crippen molar-refractivity contribution in [2.45, 2.75) is 0 Å². The Kier molecular flexibility index (Phi) is 4.58. The Bertz CT molecular complexity index is 460. The molecule has 0 heterocycles. The summed E-state index contributed by atoms with van der Waals surface area (Å²) in [6.07, 6.45) is 3.21. The predicted octanol–water partition coefficient (Wildman–Crippen LogP) is 2.52. The van der Waals surface area contributed by atoms with Gasteiger partial charge in [-0.3, -0.25) is 4.79 Å². The first kappa shape index (κ1) is 12.3. The maximum absolute atomic E-state index is 11.4. The smallest absolute Gasteiger partial charge is 0.246 e. The van der Waals surface area contributed by atoms with E-state index in [2.05, 4.69) is 22.4 Å². The highest BCUT2D eigenvalue weighted by Gasteiger charge is 1.99. The second-order valence-electron chi connectivity index (χ2n) is 3.33. The average Bonchev–Trinajstić information content (AvgIpc) is 2.27. The van der Waals surface area contributed by atoms with Gasteiger partial charge < -0.3 is 4.90 Å². The van der Waals surface area contributed by atoms with Crippen LogP contribution in [0, 0.1) is 0 Å². The van der Waals surface area contributed by atoms with E-state index >= 15 is 0 Å². The Morgan fingerprint density at radius 1 is 1.44 bits per heavy atom. The van der Waals surface area contributed by atoms with Gasteiger partial charge in [0.1, 0.15) is 0 Å². The normalized spacial score (nSPS) is 9.88. The largest absolute Gasteiger partial charge is 0.345 e. The van der Waals surface area contributed by atoms with Crippen LogP contribution in [0.15, 0.2) is 35.3 Å². The summed E-state index contributed by atoms with van der Waals surface area (Å²) in [5.41, 5.74) is 1.55. The summed E-state index contributed by atoms with van der Waals surface area (Å²) in [4.78, 5) is 16.8. The molecule has 0 aliphatic carbocycles. The minimum atomic E-state index is -0.0684. The highest BCUT2D eigenvalue weighted by molar-refractivity contribution is 7.78. The molecule has 0 saturated carbocycles. The molecule has 3 nitrogen and oxygen atoms in total. The fourth-order valence-electron chi connectivity index (χ4n) is 1.09. The summed E-state index contributed by atoms with van der Waals surface area (Å²) in [6, 6.07) is 7.42. The summed E-state index contributed by atoms with van der Waals surface area (Å²) in [5.74, 6) is -0.0684. The van der Waals surface area contributed by atoms with Crippen LogP contribution in [0.3, 0.4) is 0 Å². The van der Waals surface area contributed by atoms with E-state index in [-0.39, 0.29) is 5.91 Å². The lowest BCUT2D eigenvalue weighted by Gasteiger charge is -2.05. The van der Waals surface area contributed by atoms with Gasteiger partial charge in [0.05, 0.1) is 10.8 Å². The van der Waals surface area contributed by atoms with Crippen LogP contribution in [0.5, 0.6) is 0 Å². The van der Waals surface area contributed by atoms with E-state index in [9.17, 15) is 4.79 Å². The number of rotatable bonds is 3. The first-order valence-corrected chi connectivity index (χ1v) is 5.12. The third-order valence-electron chi connectivity index (χ3n) is 1.95. The van der Waals surface area contributed by atoms with Crippen LogP contribution >= 0.6 is 12.2 Å². The molecule has 1 aromatic carbocycles. The van der Waals surface area contributed by atoms with Crippen LogP contribution in [-0.2, 0) is 4.79 Å². The number of amides is 1. The van der Waals surface area contributed by atoms with Gasteiger partial charge in [-0.15, -0.1) is 0 Å². The molecule has 1 rings (SSSR count). The molecule has 1 aromatic rings. The van der Waals surface area contributed by atoms with E-state index in [4.69, 9.17) is 0 Å². The van der Waals surface area contributed by atoms with Gasteiger partial charge in [0.15, 0.2) is 0 Å². The van der Waals surface area contributed by atoms with Gasteiger partial charge in [-0.25, -0.2) is 0 Å². The molecule has 0 aromatic heterocycles. The highest BCUT2D eigenvalue weighted by Crippen LogP contribution is 2.19. The zero-order valence-corrected chi connectivity index (χ0v) is 9.99. The van der Waals surface area contributed by atoms with Crippen molar-refractivity contribution >= 4 is 35.0 Å². The second-order valence-corrected chi connectivity index (χ2v) is 3.51. The molecular weight excluding hydrogens is 220 g/mol. The number of hydrogen-bond donors (Lipinski definition) is 0. The second kappa shape index (κ2) is 5.95. The van der Waals surface area contributed by atoms with Gasteiger partial charge in [0, 0.05) is 25.7 Å². The van der Waals surface area contributed by atoms with Crippen molar-refractivity contribution in [2.75, 3.05) is 14.1 Å². The maximum atomic E-state index is 11.4. The molecular formula is C12H12N2OS. The molecule has 82 valence electrons. The number of hydrogen-bond acceptors (Lipinski definition) is 3. The average molecular weight is 232 g/mol. The fourth-order valence-corrected chi connectivity index (χ4v) is 1.19. The standard InChI is InChI=1S/C12H12N2OS/c1-14(2)12(15)8-7-10-5-3-4-6-11(10)13-9-16/h3-8H,1-2H3/b8-7+. The van der Waals surface area contributed by atoms with Crippen LogP contribution in [0.25, 0.3) is 6.08 Å². The van der Waals surface area contributed by atoms with E-state index in [1.54, 1.807) is 20.2 Å². The lowest BCUT2D eigenvalue weighted by molar-refractivity contribution is -0.123. The van der Waals surface area contributed by atoms with Gasteiger partial charge in [-0.05, 0) is 24.4 Å². The van der Waals surface area contributed by atoms with Crippen molar-refractivity contribution in [3.63, 3.8) is 0 Å². The molecule has 0 N–H and O–H groups in total. The molecule has 16 heavy (non-hydrogen) atoms. The Balaban J connectivity index is 2.97. The molecule has 1 amide bonds. The van der Waals surface area contributed by atoms with E-state index in [0.29, 0.717) is 5.69 Å². The molecule has 0 bridgehead atoms. The van der Waals surface area contributed by atoms with Crippen molar-refractivity contribution in [3.05, 3.63) is 35.9 Å². The van der Waals surface area contributed by atoms with Gasteiger partial charge in [0.25, 0.3) is 0 Å². The quantitative estimate of drug-likeness (QED) is 0.456. The molecule has 0 spiro atoms. The van der Waals surface area contributed by atoms with E-state index in [1.807, 2.05) is 24.3 Å². The van der Waals surface area contributed by atoms with Gasteiger partial charge >= 0.3 is 0 Å². The third kappa shape index (κ3) is 3.42. The summed E-state index contributed by atoms with van der Waals surface area (Å²) < 4.78 is 0. The molecule has 0 fully saturated rings. The number of benzene rings is 1. The molecule has 0 radical (unpaired) electrons. The zero-order valence-electron chi connectivity index (χ0n) is 9.18. The summed E-state index contributed by atoms with van der Waals surface area (Å²) in [6.45, 7) is 0. The number of carbonyl (C=O) groups excluding carboxylic acids is 1. The Labute approximate surface area is 100 Å². The number of nitrogens with zero attached hydrogens (tertiary/aromatic N) is 2. The number of likely N-dealkylation sites (N-methyl/N-ethyl adjacent to an activating group) is 1. The lowest BCUT2D eigenvalue weighted by atomic mass is 10.1. The number of aliphatic imine (C=N–C) groups is 1. The number of isothiocyanates is 1. The SMILES string of the molecule is CN(C)C(=O)/C=C/c1ccccc1N=C=S. The van der Waals surface area contributed by atoms with Crippen LogP contribution < -0.4 is 0 Å². The summed E-state index contributed by atoms with van der Waals surface area (Å²) in [7, 11) is 3.40. The van der Waals surface area contributed by atoms with Crippen LogP contribution in [0.2, 0.25) is 0 Å². The highest BCUT2D eigenvalue weighted by atomic mass is 32.1. The lowest BCUT2D eigenvalue weighted by Crippen LogP contribution is -2.18. The van der Waals surface area contributed by atoms with Gasteiger partial charge in [-0.2, -0.15) is 4.99 Å². The minimum Gasteiger partial charge on any atom is -0.345 e. The monoisotopic (exact) mass is 232 g/mol. The zero-order chi connectivity index (χ0) is 12.0. The number of carbonyl (C=O) groups is 1. The van der Waals surface area contributed by atoms with E-state index in [1.165, 1.54) is 11.0 Å². The Hall–Kier alpha value is -1.77. The van der Waals surface area contributed by atoms with Crippen LogP contribution in [0.4, 0.5) is 5.69 Å².